The zero-order valence-electron chi connectivity index (χ0n) is 11.9. The molecule has 1 spiro atoms. The van der Waals surface area contributed by atoms with Gasteiger partial charge in [-0.2, -0.15) is 0 Å². The highest BCUT2D eigenvalue weighted by molar-refractivity contribution is 5.87. The van der Waals surface area contributed by atoms with Crippen LogP contribution in [0.3, 0.4) is 0 Å². The molecule has 1 N–H and O–H groups in total. The lowest BCUT2D eigenvalue weighted by atomic mass is 9.77. The van der Waals surface area contributed by atoms with Gasteiger partial charge in [-0.3, -0.25) is 9.79 Å². The van der Waals surface area contributed by atoms with E-state index in [0.29, 0.717) is 0 Å². The van der Waals surface area contributed by atoms with E-state index >= 15 is 0 Å². The molecule has 2 saturated heterocycles. The molecule has 0 bridgehead atoms. The average Bonchev–Trinajstić information content (AvgIpc) is 2.67. The summed E-state index contributed by atoms with van der Waals surface area (Å²) in [5.74, 6) is 0.265. The number of hydrogen-bond donors (Lipinski definition) is 1. The van der Waals surface area contributed by atoms with Gasteiger partial charge >= 0.3 is 0 Å². The molecule has 2 heterocycles. The Bertz CT molecular complexity index is 427. The van der Waals surface area contributed by atoms with Crippen LogP contribution in [0.1, 0.15) is 33.1 Å². The van der Waals surface area contributed by atoms with E-state index in [2.05, 4.69) is 17.0 Å². The minimum Gasteiger partial charge on any atom is -0.317 e. The molecule has 0 atom stereocenters. The fourth-order valence-corrected chi connectivity index (χ4v) is 3.01. The van der Waals surface area contributed by atoms with Crippen molar-refractivity contribution in [2.45, 2.75) is 33.1 Å². The zero-order chi connectivity index (χ0) is 13.9. The van der Waals surface area contributed by atoms with Crippen molar-refractivity contribution >= 4 is 12.6 Å². The Morgan fingerprint density at radius 3 is 2.63 bits per heavy atom. The summed E-state index contributed by atoms with van der Waals surface area (Å²) in [5, 5.41) is 3.33. The normalized spacial score (nSPS) is 22.7. The van der Waals surface area contributed by atoms with Gasteiger partial charge in [0.1, 0.15) is 0 Å². The molecule has 104 valence electrons. The van der Waals surface area contributed by atoms with Crippen LogP contribution in [0.15, 0.2) is 28.5 Å². The fourth-order valence-electron chi connectivity index (χ4n) is 3.01. The quantitative estimate of drug-likeness (QED) is 0.624. The van der Waals surface area contributed by atoms with E-state index in [9.17, 15) is 4.79 Å². The molecule has 0 unspecified atom stereocenters. The van der Waals surface area contributed by atoms with Gasteiger partial charge in [-0.25, -0.2) is 0 Å². The van der Waals surface area contributed by atoms with Crippen molar-refractivity contribution in [2.24, 2.45) is 10.4 Å². The third-order valence-corrected chi connectivity index (χ3v) is 4.05. The number of aliphatic imine (C=N–C) groups is 1. The predicted octanol–water partition coefficient (Wildman–Crippen LogP) is 2.10. The molecule has 4 nitrogen and oxygen atoms in total. The Morgan fingerprint density at radius 2 is 2.05 bits per heavy atom. The molecule has 19 heavy (non-hydrogen) atoms. The molecule has 4 heteroatoms. The fraction of sp³-hybridized carbons (Fsp3) is 0.600. The summed E-state index contributed by atoms with van der Waals surface area (Å²) in [6.07, 6.45) is 6.55. The highest BCUT2D eigenvalue weighted by Crippen LogP contribution is 2.41. The molecule has 2 fully saturated rings. The number of piperidine rings is 1. The molecule has 0 aromatic rings. The summed E-state index contributed by atoms with van der Waals surface area (Å²) in [6.45, 7) is 10.2. The van der Waals surface area contributed by atoms with Gasteiger partial charge in [0.25, 0.3) is 0 Å². The van der Waals surface area contributed by atoms with Gasteiger partial charge in [0, 0.05) is 12.7 Å². The zero-order valence-corrected chi connectivity index (χ0v) is 11.9. The number of nitrogens with zero attached hydrogens (tertiary/aromatic N) is 2. The van der Waals surface area contributed by atoms with Gasteiger partial charge in [0.05, 0.1) is 11.1 Å². The van der Waals surface area contributed by atoms with Crippen LogP contribution >= 0.6 is 0 Å². The molecule has 0 saturated carbocycles. The van der Waals surface area contributed by atoms with Crippen LogP contribution in [0.2, 0.25) is 0 Å². The summed E-state index contributed by atoms with van der Waals surface area (Å²) in [4.78, 5) is 18.5. The lowest BCUT2D eigenvalue weighted by Crippen LogP contribution is -2.42. The number of nitrogens with one attached hydrogen (secondary N) is 1. The third kappa shape index (κ3) is 2.78. The number of rotatable bonds is 3. The van der Waals surface area contributed by atoms with Crippen LogP contribution in [0.5, 0.6) is 0 Å². The molecule has 2 aliphatic rings. The van der Waals surface area contributed by atoms with Crippen molar-refractivity contribution in [3.05, 3.63) is 23.5 Å². The molecular formula is C15H23N3O. The van der Waals surface area contributed by atoms with Crippen molar-refractivity contribution in [1.82, 2.24) is 10.2 Å². The first kappa shape index (κ1) is 14.0. The van der Waals surface area contributed by atoms with Crippen molar-refractivity contribution in [3.63, 3.8) is 0 Å². The molecule has 1 amide bonds. The standard InChI is InChI=1S/C15H23N3O/c1-12(2)10-13(11-16-3)18-9-6-15(14(18)19)4-7-17-8-5-15/h10-11,17H,3-9H2,1-2H3/b13-11+. The van der Waals surface area contributed by atoms with Crippen molar-refractivity contribution in [1.29, 1.82) is 0 Å². The summed E-state index contributed by atoms with van der Waals surface area (Å²) in [7, 11) is 0. The smallest absolute Gasteiger partial charge is 0.233 e. The van der Waals surface area contributed by atoms with Gasteiger partial charge in [-0.05, 0) is 59.0 Å². The lowest BCUT2D eigenvalue weighted by Gasteiger charge is -2.32. The Labute approximate surface area is 115 Å². The SMILES string of the molecule is C=N/C=C(\C=C(C)C)N1CCC2(CCNCC2)C1=O. The Kier molecular flexibility index (Phi) is 4.20. The van der Waals surface area contributed by atoms with Crippen LogP contribution in [-0.4, -0.2) is 37.2 Å². The number of carbonyl (C=O) groups is 1. The number of likely N-dealkylation sites (tertiary alicyclic amines) is 1. The molecular weight excluding hydrogens is 238 g/mol. The van der Waals surface area contributed by atoms with Crippen LogP contribution in [-0.2, 0) is 4.79 Å². The van der Waals surface area contributed by atoms with Crippen LogP contribution in [0.4, 0.5) is 0 Å². The Hall–Kier alpha value is -1.42. The van der Waals surface area contributed by atoms with Crippen molar-refractivity contribution < 1.29 is 4.79 Å². The number of amides is 1. The number of carbonyl (C=O) groups excluding carboxylic acids is 1. The van der Waals surface area contributed by atoms with Gasteiger partial charge in [0.2, 0.25) is 5.91 Å². The van der Waals surface area contributed by atoms with Gasteiger partial charge in [0.15, 0.2) is 0 Å². The lowest BCUT2D eigenvalue weighted by molar-refractivity contribution is -0.135. The monoisotopic (exact) mass is 261 g/mol. The number of hydrogen-bond acceptors (Lipinski definition) is 3. The molecule has 2 aliphatic heterocycles. The first-order valence-electron chi connectivity index (χ1n) is 6.93. The van der Waals surface area contributed by atoms with Gasteiger partial charge in [-0.1, -0.05) is 5.57 Å². The Morgan fingerprint density at radius 1 is 1.37 bits per heavy atom. The highest BCUT2D eigenvalue weighted by Gasteiger charge is 2.47. The van der Waals surface area contributed by atoms with Gasteiger partial charge in [-0.15, -0.1) is 0 Å². The van der Waals surface area contributed by atoms with Crippen LogP contribution in [0.25, 0.3) is 0 Å². The van der Waals surface area contributed by atoms with Crippen molar-refractivity contribution in [3.8, 4) is 0 Å². The molecule has 2 rings (SSSR count). The molecule has 0 radical (unpaired) electrons. The van der Waals surface area contributed by atoms with E-state index in [1.54, 1.807) is 6.20 Å². The molecule has 0 aromatic heterocycles. The van der Waals surface area contributed by atoms with E-state index in [1.165, 1.54) is 0 Å². The maximum atomic E-state index is 12.7. The maximum Gasteiger partial charge on any atom is 0.233 e. The number of allylic oxidation sites excluding steroid dienone is 2. The van der Waals surface area contributed by atoms with E-state index < -0.39 is 0 Å². The minimum atomic E-state index is -0.138. The third-order valence-electron chi connectivity index (χ3n) is 4.05. The van der Waals surface area contributed by atoms with E-state index in [0.717, 1.165) is 50.2 Å². The largest absolute Gasteiger partial charge is 0.317 e. The Balaban J connectivity index is 2.22. The maximum absolute atomic E-state index is 12.7. The predicted molar refractivity (Wildman–Crippen MR) is 77.9 cm³/mol. The van der Waals surface area contributed by atoms with Gasteiger partial charge < -0.3 is 10.2 Å². The summed E-state index contributed by atoms with van der Waals surface area (Å²) in [6, 6.07) is 0. The summed E-state index contributed by atoms with van der Waals surface area (Å²) in [5.41, 5.74) is 1.89. The van der Waals surface area contributed by atoms with E-state index in [-0.39, 0.29) is 11.3 Å². The first-order valence-corrected chi connectivity index (χ1v) is 6.93. The second kappa shape index (κ2) is 5.70. The second-order valence-corrected chi connectivity index (χ2v) is 5.70. The van der Waals surface area contributed by atoms with E-state index in [4.69, 9.17) is 0 Å². The first-order chi connectivity index (χ1) is 9.09. The summed E-state index contributed by atoms with van der Waals surface area (Å²) >= 11 is 0. The highest BCUT2D eigenvalue weighted by atomic mass is 16.2. The average molecular weight is 261 g/mol. The minimum absolute atomic E-state index is 0.138. The van der Waals surface area contributed by atoms with Crippen LogP contribution < -0.4 is 5.32 Å². The second-order valence-electron chi connectivity index (χ2n) is 5.70. The van der Waals surface area contributed by atoms with Crippen molar-refractivity contribution in [2.75, 3.05) is 19.6 Å². The molecule has 0 aromatic carbocycles. The summed E-state index contributed by atoms with van der Waals surface area (Å²) < 4.78 is 0. The van der Waals surface area contributed by atoms with E-state index in [1.807, 2.05) is 24.8 Å². The van der Waals surface area contributed by atoms with Crippen LogP contribution in [0, 0.1) is 5.41 Å². The topological polar surface area (TPSA) is 44.7 Å². The molecule has 0 aliphatic carbocycles.